The van der Waals surface area contributed by atoms with Gasteiger partial charge in [0, 0.05) is 12.0 Å². The lowest BCUT2D eigenvalue weighted by Gasteiger charge is -2.35. The van der Waals surface area contributed by atoms with Gasteiger partial charge in [0.05, 0.1) is 5.60 Å². The molecule has 0 aromatic carbocycles. The fourth-order valence-electron chi connectivity index (χ4n) is 3.75. The third-order valence-corrected chi connectivity index (χ3v) is 4.22. The maximum absolute atomic E-state index is 11.6. The molecule has 3 rings (SSSR count). The third-order valence-electron chi connectivity index (χ3n) is 4.22. The summed E-state index contributed by atoms with van der Waals surface area (Å²) in [7, 11) is 0. The summed E-state index contributed by atoms with van der Waals surface area (Å²) in [5.41, 5.74) is -0.881. The highest BCUT2D eigenvalue weighted by molar-refractivity contribution is 5.68. The van der Waals surface area contributed by atoms with Crippen molar-refractivity contribution >= 4 is 6.09 Å². The quantitative estimate of drug-likeness (QED) is 0.706. The van der Waals surface area contributed by atoms with E-state index in [1.54, 1.807) is 0 Å². The van der Waals surface area contributed by atoms with E-state index in [1.165, 1.54) is 0 Å². The van der Waals surface area contributed by atoms with Crippen molar-refractivity contribution in [3.63, 3.8) is 0 Å². The van der Waals surface area contributed by atoms with Crippen LogP contribution in [0.4, 0.5) is 4.79 Å². The van der Waals surface area contributed by atoms with Crippen molar-refractivity contribution in [2.24, 2.45) is 17.8 Å². The van der Waals surface area contributed by atoms with Gasteiger partial charge < -0.3 is 15.2 Å². The first-order valence-electron chi connectivity index (χ1n) is 6.03. The number of carbonyl (C=O) groups is 1. The van der Waals surface area contributed by atoms with Gasteiger partial charge in [0.25, 0.3) is 0 Å². The number of fused-ring (bicyclic) bond motifs is 1. The Hall–Kier alpha value is -0.770. The lowest BCUT2D eigenvalue weighted by Crippen LogP contribution is -2.46. The summed E-state index contributed by atoms with van der Waals surface area (Å²) in [6, 6.07) is 0.128. The van der Waals surface area contributed by atoms with Gasteiger partial charge in [-0.1, -0.05) is 0 Å². The molecule has 0 radical (unpaired) electrons. The maximum Gasteiger partial charge on any atom is 0.407 e. The van der Waals surface area contributed by atoms with Gasteiger partial charge >= 0.3 is 6.09 Å². The van der Waals surface area contributed by atoms with Crippen molar-refractivity contribution in [1.29, 1.82) is 0 Å². The first-order valence-corrected chi connectivity index (χ1v) is 6.03. The average Bonchev–Trinajstić information content (AvgIpc) is 2.40. The van der Waals surface area contributed by atoms with E-state index < -0.39 is 11.2 Å². The minimum absolute atomic E-state index is 0.128. The van der Waals surface area contributed by atoms with Gasteiger partial charge in [-0.3, -0.25) is 0 Å². The molecule has 3 fully saturated rings. The summed E-state index contributed by atoms with van der Waals surface area (Å²) in [5.74, 6) is 1.40. The molecule has 90 valence electrons. The first-order chi connectivity index (χ1) is 7.31. The monoisotopic (exact) mass is 225 g/mol. The Kier molecular flexibility index (Phi) is 1.77. The van der Waals surface area contributed by atoms with E-state index in [1.807, 2.05) is 20.8 Å². The smallest absolute Gasteiger partial charge is 0.407 e. The standard InChI is InChI=1S/C12H19NO3/c1-11(2,3)16-10(14)13-7-4-6-5-12(15)8(6)9(7)12/h6-9,15H,4-5H2,1-3H3,(H,13,14)/t6-,7+,8?,9-,12-/m0/s1. The summed E-state index contributed by atoms with van der Waals surface area (Å²) in [6.45, 7) is 5.56. The molecule has 0 aromatic rings. The number of rotatable bonds is 1. The van der Waals surface area contributed by atoms with Gasteiger partial charge in [0.15, 0.2) is 0 Å². The van der Waals surface area contributed by atoms with Crippen LogP contribution in [0.3, 0.4) is 0 Å². The second kappa shape index (κ2) is 2.73. The molecule has 16 heavy (non-hydrogen) atoms. The van der Waals surface area contributed by atoms with E-state index in [0.717, 1.165) is 12.8 Å². The van der Waals surface area contributed by atoms with Gasteiger partial charge in [-0.2, -0.15) is 0 Å². The van der Waals surface area contributed by atoms with E-state index >= 15 is 0 Å². The molecule has 4 heteroatoms. The van der Waals surface area contributed by atoms with Gasteiger partial charge in [0.2, 0.25) is 0 Å². The van der Waals surface area contributed by atoms with Crippen LogP contribution in [0.15, 0.2) is 0 Å². The molecule has 3 aliphatic rings. The summed E-state index contributed by atoms with van der Waals surface area (Å²) in [5, 5.41) is 12.9. The Morgan fingerprint density at radius 1 is 1.44 bits per heavy atom. The van der Waals surface area contributed by atoms with Crippen LogP contribution in [-0.4, -0.2) is 28.4 Å². The lowest BCUT2D eigenvalue weighted by molar-refractivity contribution is -0.00593. The van der Waals surface area contributed by atoms with Crippen molar-refractivity contribution in [3.05, 3.63) is 0 Å². The number of nitrogens with one attached hydrogen (secondary N) is 1. The molecule has 0 saturated heterocycles. The topological polar surface area (TPSA) is 58.6 Å². The van der Waals surface area contributed by atoms with Crippen molar-refractivity contribution in [1.82, 2.24) is 5.32 Å². The van der Waals surface area contributed by atoms with Crippen LogP contribution in [0.25, 0.3) is 0 Å². The highest BCUT2D eigenvalue weighted by atomic mass is 16.6. The van der Waals surface area contributed by atoms with Gasteiger partial charge in [0.1, 0.15) is 5.60 Å². The molecular formula is C12H19NO3. The number of aliphatic hydroxyl groups is 1. The normalized spacial score (nSPS) is 48.0. The predicted octanol–water partition coefficient (Wildman–Crippen LogP) is 1.28. The molecule has 4 nitrogen and oxygen atoms in total. The van der Waals surface area contributed by atoms with Crippen LogP contribution in [0, 0.1) is 17.8 Å². The predicted molar refractivity (Wildman–Crippen MR) is 57.8 cm³/mol. The number of hydrogen-bond acceptors (Lipinski definition) is 3. The van der Waals surface area contributed by atoms with Gasteiger partial charge in [-0.05, 0) is 45.4 Å². The molecule has 1 amide bonds. The van der Waals surface area contributed by atoms with E-state index in [9.17, 15) is 9.90 Å². The molecule has 5 atom stereocenters. The molecule has 3 aliphatic carbocycles. The van der Waals surface area contributed by atoms with Crippen molar-refractivity contribution < 1.29 is 14.6 Å². The molecule has 2 N–H and O–H groups in total. The van der Waals surface area contributed by atoms with Crippen LogP contribution in [0.1, 0.15) is 33.6 Å². The zero-order chi connectivity index (χ0) is 11.7. The highest BCUT2D eigenvalue weighted by Gasteiger charge is 2.81. The van der Waals surface area contributed by atoms with Crippen LogP contribution >= 0.6 is 0 Å². The summed E-state index contributed by atoms with van der Waals surface area (Å²) in [4.78, 5) is 11.6. The van der Waals surface area contributed by atoms with E-state index in [4.69, 9.17) is 4.74 Å². The van der Waals surface area contributed by atoms with Crippen LogP contribution < -0.4 is 5.32 Å². The Balaban J connectivity index is 1.56. The zero-order valence-corrected chi connectivity index (χ0v) is 9.99. The summed E-state index contributed by atoms with van der Waals surface area (Å²) < 4.78 is 5.22. The number of amides is 1. The molecular weight excluding hydrogens is 206 g/mol. The van der Waals surface area contributed by atoms with Gasteiger partial charge in [-0.15, -0.1) is 0 Å². The molecule has 1 unspecified atom stereocenters. The van der Waals surface area contributed by atoms with E-state index in [-0.39, 0.29) is 12.1 Å². The molecule has 0 heterocycles. The minimum atomic E-state index is -0.453. The number of ether oxygens (including phenoxy) is 1. The minimum Gasteiger partial charge on any atom is -0.444 e. The second-order valence-corrected chi connectivity index (χ2v) is 6.50. The fraction of sp³-hybridized carbons (Fsp3) is 0.917. The van der Waals surface area contributed by atoms with Crippen LogP contribution in [0.2, 0.25) is 0 Å². The second-order valence-electron chi connectivity index (χ2n) is 6.50. The third kappa shape index (κ3) is 1.29. The summed E-state index contributed by atoms with van der Waals surface area (Å²) >= 11 is 0. The van der Waals surface area contributed by atoms with E-state index in [0.29, 0.717) is 17.8 Å². The summed E-state index contributed by atoms with van der Waals surface area (Å²) in [6.07, 6.45) is 1.60. The van der Waals surface area contributed by atoms with Crippen molar-refractivity contribution in [3.8, 4) is 0 Å². The van der Waals surface area contributed by atoms with Gasteiger partial charge in [-0.25, -0.2) is 4.79 Å². The Morgan fingerprint density at radius 3 is 2.62 bits per heavy atom. The molecule has 0 bridgehead atoms. The number of carbonyl (C=O) groups excluding carboxylic acids is 1. The molecule has 0 aliphatic heterocycles. The van der Waals surface area contributed by atoms with Crippen molar-refractivity contribution in [2.75, 3.05) is 0 Å². The molecule has 3 saturated carbocycles. The number of hydrogen-bond donors (Lipinski definition) is 2. The fourth-order valence-corrected chi connectivity index (χ4v) is 3.75. The lowest BCUT2D eigenvalue weighted by atomic mass is 9.78. The van der Waals surface area contributed by atoms with Crippen LogP contribution in [0.5, 0.6) is 0 Å². The first kappa shape index (κ1) is 10.4. The van der Waals surface area contributed by atoms with Crippen molar-refractivity contribution in [2.45, 2.75) is 50.9 Å². The Morgan fingerprint density at radius 2 is 2.12 bits per heavy atom. The number of alkyl carbamates (subject to hydrolysis) is 1. The Labute approximate surface area is 95.4 Å². The van der Waals surface area contributed by atoms with E-state index in [2.05, 4.69) is 5.32 Å². The SMILES string of the molecule is CC(C)(C)OC(=O)N[C@@H]1C[C@H]2C[C@]3(O)C2[C@H]13. The highest BCUT2D eigenvalue weighted by Crippen LogP contribution is 2.75. The molecule has 0 aromatic heterocycles. The zero-order valence-electron chi connectivity index (χ0n) is 9.99. The maximum atomic E-state index is 11.6. The van der Waals surface area contributed by atoms with Crippen LogP contribution in [-0.2, 0) is 4.74 Å². The Bertz CT molecular complexity index is 349. The average molecular weight is 225 g/mol. The molecule has 0 spiro atoms. The largest absolute Gasteiger partial charge is 0.444 e.